The van der Waals surface area contributed by atoms with Crippen molar-refractivity contribution in [2.75, 3.05) is 18.4 Å². The normalized spacial score (nSPS) is 17.9. The molecule has 0 saturated carbocycles. The Labute approximate surface area is 166 Å². The lowest BCUT2D eigenvalue weighted by atomic mass is 10.0. The largest absolute Gasteiger partial charge is 0.466 e. The van der Waals surface area contributed by atoms with Crippen LogP contribution in [0.3, 0.4) is 0 Å². The van der Waals surface area contributed by atoms with Crippen molar-refractivity contribution in [1.29, 1.82) is 0 Å². The first-order chi connectivity index (χ1) is 13.2. The molecule has 28 heavy (non-hydrogen) atoms. The van der Waals surface area contributed by atoms with Gasteiger partial charge < -0.3 is 20.7 Å². The first-order valence-corrected chi connectivity index (χ1v) is 8.95. The zero-order valence-electron chi connectivity index (χ0n) is 15.6. The molecule has 1 aliphatic heterocycles. The van der Waals surface area contributed by atoms with Crippen LogP contribution in [-0.2, 0) is 16.6 Å². The summed E-state index contributed by atoms with van der Waals surface area (Å²) in [7, 11) is 1.74. The van der Waals surface area contributed by atoms with E-state index in [2.05, 4.69) is 21.0 Å². The van der Waals surface area contributed by atoms with Crippen LogP contribution in [0.1, 0.15) is 23.1 Å². The van der Waals surface area contributed by atoms with Gasteiger partial charge in [0.1, 0.15) is 11.4 Å². The maximum Gasteiger partial charge on any atom is 0.278 e. The Kier molecular flexibility index (Phi) is 5.28. The van der Waals surface area contributed by atoms with Gasteiger partial charge in [-0.2, -0.15) is 5.10 Å². The van der Waals surface area contributed by atoms with Crippen LogP contribution in [0, 0.1) is 6.92 Å². The Morgan fingerprint density at radius 1 is 1.29 bits per heavy atom. The van der Waals surface area contributed by atoms with Crippen LogP contribution >= 0.6 is 11.6 Å². The average Bonchev–Trinajstić information content (AvgIpc) is 2.98. The minimum atomic E-state index is -1.73. The number of carbonyl (C=O) groups is 3. The molecule has 0 fully saturated rings. The van der Waals surface area contributed by atoms with Crippen molar-refractivity contribution in [2.24, 2.45) is 7.05 Å². The molecule has 1 aromatic carbocycles. The monoisotopic (exact) mass is 405 g/mol. The van der Waals surface area contributed by atoms with Crippen molar-refractivity contribution >= 4 is 35.0 Å². The van der Waals surface area contributed by atoms with Gasteiger partial charge in [0, 0.05) is 30.9 Å². The average molecular weight is 406 g/mol. The van der Waals surface area contributed by atoms with E-state index < -0.39 is 17.4 Å². The molecular weight excluding hydrogens is 386 g/mol. The fourth-order valence-corrected chi connectivity index (χ4v) is 2.80. The number of ether oxygens (including phenoxy) is 1. The maximum atomic E-state index is 12.5. The minimum absolute atomic E-state index is 0.121. The lowest BCUT2D eigenvalue weighted by molar-refractivity contribution is -0.146. The van der Waals surface area contributed by atoms with E-state index in [4.69, 9.17) is 16.3 Å². The molecule has 3 N–H and O–H groups in total. The number of aryl methyl sites for hydroxylation is 2. The second kappa shape index (κ2) is 7.51. The van der Waals surface area contributed by atoms with E-state index in [1.165, 1.54) is 6.92 Å². The van der Waals surface area contributed by atoms with Crippen LogP contribution < -0.4 is 20.7 Å². The number of halogens is 1. The summed E-state index contributed by atoms with van der Waals surface area (Å²) in [5.41, 5.74) is -0.180. The zero-order valence-corrected chi connectivity index (χ0v) is 16.4. The molecule has 3 amide bonds. The Balaban J connectivity index is 1.55. The fourth-order valence-electron chi connectivity index (χ4n) is 2.63. The molecule has 148 valence electrons. The lowest BCUT2D eigenvalue weighted by Crippen LogP contribution is -2.59. The molecule has 1 aromatic heterocycles. The summed E-state index contributed by atoms with van der Waals surface area (Å²) in [5, 5.41) is 12.4. The van der Waals surface area contributed by atoms with Crippen LogP contribution in [0.15, 0.2) is 24.3 Å². The molecule has 0 saturated heterocycles. The second-order valence-electron chi connectivity index (χ2n) is 6.54. The molecule has 0 radical (unpaired) electrons. The van der Waals surface area contributed by atoms with Crippen molar-refractivity contribution in [3.63, 3.8) is 0 Å². The topological polar surface area (TPSA) is 114 Å². The van der Waals surface area contributed by atoms with Gasteiger partial charge in [0.2, 0.25) is 0 Å². The molecule has 0 bridgehead atoms. The molecule has 2 heterocycles. The Bertz CT molecular complexity index is 938. The van der Waals surface area contributed by atoms with Gasteiger partial charge in [-0.05, 0) is 38.1 Å². The first-order valence-electron chi connectivity index (χ1n) is 8.58. The molecule has 1 unspecified atom stereocenters. The first kappa shape index (κ1) is 19.7. The van der Waals surface area contributed by atoms with Crippen LogP contribution in [-0.4, -0.2) is 46.2 Å². The highest BCUT2D eigenvalue weighted by molar-refractivity contribution is 6.31. The number of benzene rings is 1. The van der Waals surface area contributed by atoms with Crippen molar-refractivity contribution in [3.8, 4) is 5.75 Å². The number of rotatable bonds is 5. The summed E-state index contributed by atoms with van der Waals surface area (Å²) in [6.07, 6.45) is 0. The summed E-state index contributed by atoms with van der Waals surface area (Å²) < 4.78 is 7.23. The summed E-state index contributed by atoms with van der Waals surface area (Å²) in [6.45, 7) is 3.51. The molecule has 1 atom stereocenters. The highest BCUT2D eigenvalue weighted by Gasteiger charge is 2.47. The van der Waals surface area contributed by atoms with Gasteiger partial charge in [-0.15, -0.1) is 0 Å². The van der Waals surface area contributed by atoms with Gasteiger partial charge >= 0.3 is 0 Å². The van der Waals surface area contributed by atoms with Crippen molar-refractivity contribution in [2.45, 2.75) is 19.4 Å². The van der Waals surface area contributed by atoms with Crippen LogP contribution in [0.5, 0.6) is 5.75 Å². The Hall–Kier alpha value is -3.07. The van der Waals surface area contributed by atoms with Crippen LogP contribution in [0.25, 0.3) is 0 Å². The predicted octanol–water partition coefficient (Wildman–Crippen LogP) is 1.02. The molecule has 2 aromatic rings. The van der Waals surface area contributed by atoms with Crippen molar-refractivity contribution in [1.82, 2.24) is 20.4 Å². The third kappa shape index (κ3) is 3.79. The molecule has 9 nitrogen and oxygen atoms in total. The zero-order chi connectivity index (χ0) is 20.5. The predicted molar refractivity (Wildman–Crippen MR) is 102 cm³/mol. The number of nitrogens with one attached hydrogen (secondary N) is 3. The summed E-state index contributed by atoms with van der Waals surface area (Å²) >= 11 is 5.90. The molecule has 10 heteroatoms. The van der Waals surface area contributed by atoms with Gasteiger partial charge in [0.15, 0.2) is 0 Å². The summed E-state index contributed by atoms with van der Waals surface area (Å²) in [6, 6.07) is 6.39. The molecule has 0 aliphatic carbocycles. The lowest BCUT2D eigenvalue weighted by Gasteiger charge is -2.33. The molecule has 0 spiro atoms. The number of fused-ring (bicyclic) bond motifs is 1. The maximum absolute atomic E-state index is 12.5. The van der Waals surface area contributed by atoms with E-state index >= 15 is 0 Å². The smallest absolute Gasteiger partial charge is 0.278 e. The van der Waals surface area contributed by atoms with Crippen LogP contribution in [0.2, 0.25) is 5.02 Å². The van der Waals surface area contributed by atoms with Crippen molar-refractivity contribution < 1.29 is 19.1 Å². The highest BCUT2D eigenvalue weighted by atomic mass is 35.5. The SMILES string of the molecule is Cc1cc(C(=O)NCCNC(=O)C2(C)Oc3ccc(Cl)cc3NC2=O)nn1C. The van der Waals surface area contributed by atoms with E-state index in [1.54, 1.807) is 36.0 Å². The Morgan fingerprint density at radius 3 is 2.68 bits per heavy atom. The summed E-state index contributed by atoms with van der Waals surface area (Å²) in [4.78, 5) is 36.9. The van der Waals surface area contributed by atoms with E-state index in [1.807, 2.05) is 6.92 Å². The molecular formula is C18H20ClN5O4. The number of anilines is 1. The number of carbonyl (C=O) groups excluding carboxylic acids is 3. The van der Waals surface area contributed by atoms with Gasteiger partial charge in [0.25, 0.3) is 23.3 Å². The Morgan fingerprint density at radius 2 is 2.00 bits per heavy atom. The number of nitrogens with zero attached hydrogens (tertiary/aromatic N) is 2. The third-order valence-corrected chi connectivity index (χ3v) is 4.65. The van der Waals surface area contributed by atoms with Gasteiger partial charge in [-0.1, -0.05) is 11.6 Å². The second-order valence-corrected chi connectivity index (χ2v) is 6.97. The number of amides is 3. The van der Waals surface area contributed by atoms with Gasteiger partial charge in [0.05, 0.1) is 5.69 Å². The number of aromatic nitrogens is 2. The van der Waals surface area contributed by atoms with Crippen LogP contribution in [0.4, 0.5) is 5.69 Å². The molecule has 3 rings (SSSR count). The third-order valence-electron chi connectivity index (χ3n) is 4.41. The van der Waals surface area contributed by atoms with E-state index in [9.17, 15) is 14.4 Å². The quantitative estimate of drug-likeness (QED) is 0.507. The van der Waals surface area contributed by atoms with E-state index in [0.29, 0.717) is 22.2 Å². The fraction of sp³-hybridized carbons (Fsp3) is 0.333. The summed E-state index contributed by atoms with van der Waals surface area (Å²) in [5.74, 6) is -1.22. The number of hydrogen-bond acceptors (Lipinski definition) is 5. The molecule has 1 aliphatic rings. The van der Waals surface area contributed by atoms with E-state index in [-0.39, 0.29) is 19.0 Å². The van der Waals surface area contributed by atoms with Gasteiger partial charge in [-0.25, -0.2) is 0 Å². The standard InChI is InChI=1S/C18H20ClN5O4/c1-10-8-13(23-24(10)3)15(25)20-6-7-21-16(26)18(2)17(27)22-12-9-11(19)4-5-14(12)28-18/h4-5,8-9H,6-7H2,1-3H3,(H,20,25)(H,21,26)(H,22,27). The van der Waals surface area contributed by atoms with E-state index in [0.717, 1.165) is 5.69 Å². The number of hydrogen-bond donors (Lipinski definition) is 3. The van der Waals surface area contributed by atoms with Crippen molar-refractivity contribution in [3.05, 3.63) is 40.7 Å². The van der Waals surface area contributed by atoms with Gasteiger partial charge in [-0.3, -0.25) is 19.1 Å². The minimum Gasteiger partial charge on any atom is -0.466 e. The highest BCUT2D eigenvalue weighted by Crippen LogP contribution is 2.35.